The van der Waals surface area contributed by atoms with Gasteiger partial charge in [0.1, 0.15) is 0 Å². The first kappa shape index (κ1) is 22.5. The van der Waals surface area contributed by atoms with Crippen LogP contribution in [0.1, 0.15) is 113 Å². The van der Waals surface area contributed by atoms with Crippen molar-refractivity contribution in [2.75, 3.05) is 6.61 Å². The number of fused-ring (bicyclic) bond motifs is 7. The number of hydrogen-bond donors (Lipinski definition) is 1. The second-order valence-corrected chi connectivity index (χ2v) is 14.9. The van der Waals surface area contributed by atoms with Crippen LogP contribution in [0.15, 0.2) is 11.6 Å². The van der Waals surface area contributed by atoms with Crippen LogP contribution in [0.3, 0.4) is 0 Å². The lowest BCUT2D eigenvalue weighted by atomic mass is 9.36. The summed E-state index contributed by atoms with van der Waals surface area (Å²) in [4.78, 5) is 0. The van der Waals surface area contributed by atoms with Gasteiger partial charge in [0.05, 0.1) is 0 Å². The normalized spacial score (nSPS) is 55.9. The maximum atomic E-state index is 10.5. The highest BCUT2D eigenvalue weighted by atomic mass is 16.3. The van der Waals surface area contributed by atoms with Crippen LogP contribution in [0.4, 0.5) is 0 Å². The predicted molar refractivity (Wildman–Crippen MR) is 131 cm³/mol. The van der Waals surface area contributed by atoms with Crippen LogP contribution in [0.5, 0.6) is 0 Å². The van der Waals surface area contributed by atoms with Crippen LogP contribution >= 0.6 is 0 Å². The van der Waals surface area contributed by atoms with Gasteiger partial charge in [0, 0.05) is 6.61 Å². The summed E-state index contributed by atoms with van der Waals surface area (Å²) in [7, 11) is 0. The lowest BCUT2D eigenvalue weighted by Crippen LogP contribution is -2.61. The predicted octanol–water partition coefficient (Wildman–Crippen LogP) is 8.03. The molecule has 1 heteroatoms. The summed E-state index contributed by atoms with van der Waals surface area (Å²) in [6.45, 7) is 18.2. The Bertz CT molecular complexity index is 764. The Hall–Kier alpha value is -0.300. The van der Waals surface area contributed by atoms with Gasteiger partial charge in [0.2, 0.25) is 0 Å². The van der Waals surface area contributed by atoms with Gasteiger partial charge in [0.25, 0.3) is 0 Å². The van der Waals surface area contributed by atoms with Crippen molar-refractivity contribution >= 4 is 0 Å². The van der Waals surface area contributed by atoms with Gasteiger partial charge in [-0.1, -0.05) is 60.1 Å². The van der Waals surface area contributed by atoms with Crippen LogP contribution < -0.4 is 0 Å². The fourth-order valence-corrected chi connectivity index (χ4v) is 10.5. The molecule has 8 unspecified atom stereocenters. The zero-order valence-corrected chi connectivity index (χ0v) is 21.7. The molecule has 4 fully saturated rings. The number of allylic oxidation sites excluding steroid dienone is 2. The van der Waals surface area contributed by atoms with E-state index in [1.165, 1.54) is 64.2 Å². The lowest BCUT2D eigenvalue weighted by molar-refractivity contribution is -0.182. The minimum absolute atomic E-state index is 0.108. The molecule has 5 aliphatic rings. The van der Waals surface area contributed by atoms with E-state index < -0.39 is 0 Å². The molecule has 4 saturated carbocycles. The summed E-state index contributed by atoms with van der Waals surface area (Å²) in [6, 6.07) is 0. The van der Waals surface area contributed by atoms with E-state index in [2.05, 4.69) is 54.5 Å². The van der Waals surface area contributed by atoms with Gasteiger partial charge in [-0.15, -0.1) is 0 Å². The number of rotatable bonds is 1. The number of hydrogen-bond acceptors (Lipinski definition) is 1. The van der Waals surface area contributed by atoms with Crippen molar-refractivity contribution in [2.45, 2.75) is 113 Å². The molecule has 0 aliphatic heterocycles. The Balaban J connectivity index is 1.52. The first-order valence-electron chi connectivity index (χ1n) is 13.7. The third kappa shape index (κ3) is 2.96. The highest BCUT2D eigenvalue weighted by molar-refractivity contribution is 5.28. The van der Waals surface area contributed by atoms with E-state index >= 15 is 0 Å². The van der Waals surface area contributed by atoms with Gasteiger partial charge < -0.3 is 5.11 Å². The Morgan fingerprint density at radius 2 is 1.52 bits per heavy atom. The van der Waals surface area contributed by atoms with Gasteiger partial charge in [-0.05, 0) is 121 Å². The summed E-state index contributed by atoms with van der Waals surface area (Å²) >= 11 is 0. The van der Waals surface area contributed by atoms with Gasteiger partial charge in [-0.25, -0.2) is 0 Å². The molecule has 0 heterocycles. The molecule has 0 spiro atoms. The van der Waals surface area contributed by atoms with Gasteiger partial charge in [-0.2, -0.15) is 0 Å². The molecule has 31 heavy (non-hydrogen) atoms. The lowest BCUT2D eigenvalue weighted by Gasteiger charge is -2.68. The van der Waals surface area contributed by atoms with E-state index in [0.717, 1.165) is 17.8 Å². The Morgan fingerprint density at radius 3 is 2.23 bits per heavy atom. The third-order valence-electron chi connectivity index (χ3n) is 12.9. The summed E-state index contributed by atoms with van der Waals surface area (Å²) in [5.41, 5.74) is 3.93. The average Bonchev–Trinajstić information content (AvgIpc) is 2.71. The van der Waals surface area contributed by atoms with Crippen LogP contribution in [-0.4, -0.2) is 11.7 Å². The quantitative estimate of drug-likeness (QED) is 0.421. The van der Waals surface area contributed by atoms with Gasteiger partial charge in [-0.3, -0.25) is 0 Å². The first-order chi connectivity index (χ1) is 14.4. The van der Waals surface area contributed by atoms with Crippen LogP contribution in [0.2, 0.25) is 0 Å². The molecule has 0 aromatic carbocycles. The second-order valence-electron chi connectivity index (χ2n) is 14.9. The standard InChI is InChI=1S/C30H50O/c1-20-10-14-29(6)24-9-8-21-22(28(24,5)15-12-25(29)30(20,7)19-31)11-13-27(4)17-16-26(2,3)18-23(21)27/h8,20,22-25,31H,9-19H2,1-7H3/t20?,22?,23?,24?,25?,27?,28?,29?,30-/m1/s1. The molecule has 9 atom stereocenters. The van der Waals surface area contributed by atoms with Gasteiger partial charge >= 0.3 is 0 Å². The third-order valence-corrected chi connectivity index (χ3v) is 12.9. The maximum absolute atomic E-state index is 10.5. The molecule has 0 aromatic rings. The molecule has 0 aromatic heterocycles. The minimum atomic E-state index is 0.108. The average molecular weight is 427 g/mol. The molecular weight excluding hydrogens is 376 g/mol. The molecule has 0 bridgehead atoms. The Labute approximate surface area is 192 Å². The van der Waals surface area contributed by atoms with Crippen LogP contribution in [-0.2, 0) is 0 Å². The van der Waals surface area contributed by atoms with Crippen molar-refractivity contribution < 1.29 is 5.11 Å². The molecule has 0 amide bonds. The van der Waals surface area contributed by atoms with E-state index in [0.29, 0.717) is 40.1 Å². The SMILES string of the molecule is CC1CCC2(C)C3CC=C4C5CC(C)(C)CCC5(C)CCC4C3(C)CCC2[C@]1(C)CO. The fraction of sp³-hybridized carbons (Fsp3) is 0.933. The van der Waals surface area contributed by atoms with Crippen molar-refractivity contribution in [1.29, 1.82) is 0 Å². The topological polar surface area (TPSA) is 20.2 Å². The van der Waals surface area contributed by atoms with Crippen molar-refractivity contribution in [1.82, 2.24) is 0 Å². The van der Waals surface area contributed by atoms with E-state index in [9.17, 15) is 5.11 Å². The highest BCUT2D eigenvalue weighted by Crippen LogP contribution is 2.72. The zero-order valence-electron chi connectivity index (χ0n) is 21.7. The van der Waals surface area contributed by atoms with E-state index in [1.807, 2.05) is 5.57 Å². The van der Waals surface area contributed by atoms with E-state index in [4.69, 9.17) is 0 Å². The van der Waals surface area contributed by atoms with E-state index in [-0.39, 0.29) is 5.41 Å². The fourth-order valence-electron chi connectivity index (χ4n) is 10.5. The molecule has 0 radical (unpaired) electrons. The molecule has 1 N–H and O–H groups in total. The van der Waals surface area contributed by atoms with Crippen molar-refractivity contribution in [2.24, 2.45) is 56.7 Å². The number of aliphatic hydroxyl groups is 1. The van der Waals surface area contributed by atoms with E-state index in [1.54, 1.807) is 0 Å². The summed E-state index contributed by atoms with van der Waals surface area (Å²) < 4.78 is 0. The van der Waals surface area contributed by atoms with Crippen molar-refractivity contribution in [3.8, 4) is 0 Å². The number of aliphatic hydroxyl groups excluding tert-OH is 1. The summed E-state index contributed by atoms with van der Waals surface area (Å²) in [5, 5.41) is 10.5. The maximum Gasteiger partial charge on any atom is 0.0490 e. The second kappa shape index (κ2) is 6.86. The molecule has 5 rings (SSSR count). The molecule has 0 saturated heterocycles. The summed E-state index contributed by atoms with van der Waals surface area (Å²) in [6.07, 6.45) is 16.6. The smallest absolute Gasteiger partial charge is 0.0490 e. The molecule has 1 nitrogen and oxygen atoms in total. The Kier molecular flexibility index (Phi) is 4.98. The zero-order chi connectivity index (χ0) is 22.4. The van der Waals surface area contributed by atoms with Crippen molar-refractivity contribution in [3.05, 3.63) is 11.6 Å². The highest BCUT2D eigenvalue weighted by Gasteiger charge is 2.64. The Morgan fingerprint density at radius 1 is 0.806 bits per heavy atom. The largest absolute Gasteiger partial charge is 0.396 e. The first-order valence-corrected chi connectivity index (χ1v) is 13.7. The van der Waals surface area contributed by atoms with Crippen molar-refractivity contribution in [3.63, 3.8) is 0 Å². The molecule has 176 valence electrons. The van der Waals surface area contributed by atoms with Gasteiger partial charge in [0.15, 0.2) is 0 Å². The molecular formula is C30H50O. The monoisotopic (exact) mass is 426 g/mol. The molecule has 5 aliphatic carbocycles. The summed E-state index contributed by atoms with van der Waals surface area (Å²) in [5.74, 6) is 3.77. The minimum Gasteiger partial charge on any atom is -0.396 e. The van der Waals surface area contributed by atoms with Crippen LogP contribution in [0, 0.1) is 56.7 Å². The van der Waals surface area contributed by atoms with Crippen LogP contribution in [0.25, 0.3) is 0 Å².